The van der Waals surface area contributed by atoms with Gasteiger partial charge in [0, 0.05) is 0 Å². The number of rotatable bonds is 5. The Morgan fingerprint density at radius 3 is 2.58 bits per heavy atom. The lowest BCUT2D eigenvalue weighted by molar-refractivity contribution is -0.134. The van der Waals surface area contributed by atoms with E-state index in [4.69, 9.17) is 9.47 Å². The Morgan fingerprint density at radius 2 is 1.79 bits per heavy atom. The number of esters is 1. The minimum atomic E-state index is -0.485. The number of benzene rings is 2. The maximum Gasteiger partial charge on any atom is 0.313 e. The predicted octanol–water partition coefficient (Wildman–Crippen LogP) is 1.80. The van der Waals surface area contributed by atoms with Crippen LogP contribution in [0.5, 0.6) is 11.5 Å². The van der Waals surface area contributed by atoms with Crippen molar-refractivity contribution in [3.05, 3.63) is 58.9 Å². The molecule has 0 fully saturated rings. The van der Waals surface area contributed by atoms with Crippen LogP contribution in [0, 0.1) is 0 Å². The number of para-hydroxylation sites is 2. The molecule has 3 aromatic rings. The van der Waals surface area contributed by atoms with E-state index < -0.39 is 5.97 Å². The molecular formula is C17H15N3O4. The molecule has 0 unspecified atom stereocenters. The Labute approximate surface area is 137 Å². The summed E-state index contributed by atoms with van der Waals surface area (Å²) in [6.45, 7) is 0.0879. The van der Waals surface area contributed by atoms with Gasteiger partial charge in [-0.1, -0.05) is 29.5 Å². The lowest BCUT2D eigenvalue weighted by Crippen LogP contribution is -2.26. The van der Waals surface area contributed by atoms with Crippen LogP contribution in [0.4, 0.5) is 0 Å². The Kier molecular flexibility index (Phi) is 4.51. The van der Waals surface area contributed by atoms with Crippen molar-refractivity contribution in [1.82, 2.24) is 15.0 Å². The zero-order valence-corrected chi connectivity index (χ0v) is 13.0. The number of hydrogen-bond acceptors (Lipinski definition) is 6. The SMILES string of the molecule is COc1ccccc1OC(=O)CCn1nnc2ccccc2c1=O. The maximum absolute atomic E-state index is 12.3. The number of aryl methyl sites for hydroxylation is 1. The minimum Gasteiger partial charge on any atom is -0.493 e. The van der Waals surface area contributed by atoms with Crippen molar-refractivity contribution in [3.63, 3.8) is 0 Å². The lowest BCUT2D eigenvalue weighted by atomic mass is 10.2. The van der Waals surface area contributed by atoms with Gasteiger partial charge in [0.1, 0.15) is 5.52 Å². The average molecular weight is 325 g/mol. The summed E-state index contributed by atoms with van der Waals surface area (Å²) in [7, 11) is 1.50. The molecule has 0 aliphatic heterocycles. The molecule has 0 amide bonds. The van der Waals surface area contributed by atoms with Gasteiger partial charge in [-0.15, -0.1) is 5.10 Å². The average Bonchev–Trinajstić information content (AvgIpc) is 2.62. The molecule has 0 bridgehead atoms. The van der Waals surface area contributed by atoms with Crippen molar-refractivity contribution in [2.45, 2.75) is 13.0 Å². The van der Waals surface area contributed by atoms with Gasteiger partial charge in [0.25, 0.3) is 5.56 Å². The van der Waals surface area contributed by atoms with Gasteiger partial charge in [0.05, 0.1) is 25.5 Å². The Morgan fingerprint density at radius 1 is 1.08 bits per heavy atom. The summed E-state index contributed by atoms with van der Waals surface area (Å²) >= 11 is 0. The summed E-state index contributed by atoms with van der Waals surface area (Å²) in [5.74, 6) is 0.316. The van der Waals surface area contributed by atoms with Gasteiger partial charge in [0.2, 0.25) is 0 Å². The highest BCUT2D eigenvalue weighted by Crippen LogP contribution is 2.26. The molecule has 0 aliphatic rings. The number of fused-ring (bicyclic) bond motifs is 1. The van der Waals surface area contributed by atoms with Crippen LogP contribution in [0.1, 0.15) is 6.42 Å². The standard InChI is InChI=1S/C17H15N3O4/c1-23-14-8-4-5-9-15(14)24-16(21)10-11-20-17(22)12-6-2-3-7-13(12)18-19-20/h2-9H,10-11H2,1H3. The van der Waals surface area contributed by atoms with E-state index in [1.165, 1.54) is 7.11 Å². The normalized spacial score (nSPS) is 10.5. The minimum absolute atomic E-state index is 0.00895. The van der Waals surface area contributed by atoms with Crippen LogP contribution in [0.3, 0.4) is 0 Å². The van der Waals surface area contributed by atoms with Crippen LogP contribution in [0.2, 0.25) is 0 Å². The van der Waals surface area contributed by atoms with Crippen molar-refractivity contribution in [2.24, 2.45) is 0 Å². The van der Waals surface area contributed by atoms with Crippen LogP contribution in [-0.4, -0.2) is 28.1 Å². The maximum atomic E-state index is 12.3. The van der Waals surface area contributed by atoms with E-state index in [0.29, 0.717) is 22.4 Å². The fourth-order valence-corrected chi connectivity index (χ4v) is 2.24. The second kappa shape index (κ2) is 6.91. The Balaban J connectivity index is 1.71. The first-order valence-corrected chi connectivity index (χ1v) is 7.35. The van der Waals surface area contributed by atoms with Gasteiger partial charge in [-0.25, -0.2) is 4.68 Å². The molecule has 0 radical (unpaired) electrons. The number of aromatic nitrogens is 3. The highest BCUT2D eigenvalue weighted by atomic mass is 16.6. The number of nitrogens with zero attached hydrogens (tertiary/aromatic N) is 3. The monoisotopic (exact) mass is 325 g/mol. The smallest absolute Gasteiger partial charge is 0.313 e. The second-order valence-electron chi connectivity index (χ2n) is 5.01. The largest absolute Gasteiger partial charge is 0.493 e. The summed E-state index contributed by atoms with van der Waals surface area (Å²) in [5.41, 5.74) is 0.237. The topological polar surface area (TPSA) is 83.3 Å². The third kappa shape index (κ3) is 3.24. The van der Waals surface area contributed by atoms with Crippen molar-refractivity contribution in [2.75, 3.05) is 7.11 Å². The van der Waals surface area contributed by atoms with Crippen molar-refractivity contribution in [1.29, 1.82) is 0 Å². The van der Waals surface area contributed by atoms with Gasteiger partial charge >= 0.3 is 5.97 Å². The number of ether oxygens (including phenoxy) is 2. The highest BCUT2D eigenvalue weighted by molar-refractivity contribution is 5.76. The molecule has 0 aliphatic carbocycles. The summed E-state index contributed by atoms with van der Waals surface area (Å²) in [6.07, 6.45) is -0.00895. The molecule has 3 rings (SSSR count). The first-order valence-electron chi connectivity index (χ1n) is 7.35. The molecule has 24 heavy (non-hydrogen) atoms. The lowest BCUT2D eigenvalue weighted by Gasteiger charge is -2.09. The molecule has 2 aromatic carbocycles. The Hall–Kier alpha value is -3.22. The second-order valence-corrected chi connectivity index (χ2v) is 5.01. The molecule has 7 heteroatoms. The molecule has 0 spiro atoms. The molecule has 1 heterocycles. The van der Waals surface area contributed by atoms with E-state index >= 15 is 0 Å². The molecule has 0 N–H and O–H groups in total. The molecular weight excluding hydrogens is 310 g/mol. The number of hydrogen-bond donors (Lipinski definition) is 0. The fourth-order valence-electron chi connectivity index (χ4n) is 2.24. The summed E-state index contributed by atoms with van der Waals surface area (Å²) in [4.78, 5) is 24.3. The van der Waals surface area contributed by atoms with E-state index in [0.717, 1.165) is 4.68 Å². The van der Waals surface area contributed by atoms with Gasteiger partial charge in [-0.3, -0.25) is 9.59 Å². The summed E-state index contributed by atoms with van der Waals surface area (Å²) in [6, 6.07) is 13.8. The van der Waals surface area contributed by atoms with Crippen LogP contribution >= 0.6 is 0 Å². The fraction of sp³-hybridized carbons (Fsp3) is 0.176. The molecule has 1 aromatic heterocycles. The van der Waals surface area contributed by atoms with Gasteiger partial charge in [0.15, 0.2) is 11.5 Å². The molecule has 0 saturated heterocycles. The first kappa shape index (κ1) is 15.7. The van der Waals surface area contributed by atoms with Crippen LogP contribution in [0.15, 0.2) is 53.3 Å². The van der Waals surface area contributed by atoms with E-state index in [2.05, 4.69) is 10.3 Å². The number of carbonyl (C=O) groups excluding carboxylic acids is 1. The zero-order chi connectivity index (χ0) is 16.9. The van der Waals surface area contributed by atoms with Gasteiger partial charge < -0.3 is 9.47 Å². The van der Waals surface area contributed by atoms with Crippen LogP contribution in [-0.2, 0) is 11.3 Å². The van der Waals surface area contributed by atoms with Gasteiger partial charge in [-0.2, -0.15) is 0 Å². The van der Waals surface area contributed by atoms with Crippen molar-refractivity contribution >= 4 is 16.9 Å². The molecule has 122 valence electrons. The van der Waals surface area contributed by atoms with E-state index in [-0.39, 0.29) is 18.5 Å². The first-order chi connectivity index (χ1) is 11.7. The Bertz CT molecular complexity index is 936. The van der Waals surface area contributed by atoms with Crippen molar-refractivity contribution in [3.8, 4) is 11.5 Å². The summed E-state index contributed by atoms with van der Waals surface area (Å²) in [5, 5.41) is 8.28. The van der Waals surface area contributed by atoms with Crippen LogP contribution in [0.25, 0.3) is 10.9 Å². The molecule has 7 nitrogen and oxygen atoms in total. The number of carbonyl (C=O) groups is 1. The summed E-state index contributed by atoms with van der Waals surface area (Å²) < 4.78 is 11.5. The van der Waals surface area contributed by atoms with E-state index in [1.807, 2.05) is 0 Å². The number of methoxy groups -OCH3 is 1. The molecule has 0 saturated carbocycles. The van der Waals surface area contributed by atoms with Crippen molar-refractivity contribution < 1.29 is 14.3 Å². The predicted molar refractivity (Wildman–Crippen MR) is 87.0 cm³/mol. The van der Waals surface area contributed by atoms with E-state index in [9.17, 15) is 9.59 Å². The van der Waals surface area contributed by atoms with Crippen LogP contribution < -0.4 is 15.0 Å². The quantitative estimate of drug-likeness (QED) is 0.525. The zero-order valence-electron chi connectivity index (χ0n) is 13.0. The third-order valence-electron chi connectivity index (χ3n) is 3.45. The highest BCUT2D eigenvalue weighted by Gasteiger charge is 2.11. The molecule has 0 atom stereocenters. The third-order valence-corrected chi connectivity index (χ3v) is 3.45. The van der Waals surface area contributed by atoms with E-state index in [1.54, 1.807) is 48.5 Å². The van der Waals surface area contributed by atoms with Gasteiger partial charge in [-0.05, 0) is 24.3 Å².